The van der Waals surface area contributed by atoms with Crippen LogP contribution >= 0.6 is 24.0 Å². The number of guanidine groups is 1. The molecular weight excluding hydrogens is 479 g/mol. The first-order valence-corrected chi connectivity index (χ1v) is 10.4. The molecule has 2 N–H and O–H groups in total. The molecule has 0 aliphatic carbocycles. The Morgan fingerprint density at radius 2 is 1.93 bits per heavy atom. The van der Waals surface area contributed by atoms with E-state index in [1.54, 1.807) is 14.2 Å². The number of hydrogen-bond donors (Lipinski definition) is 2. The van der Waals surface area contributed by atoms with Gasteiger partial charge in [0.25, 0.3) is 0 Å². The van der Waals surface area contributed by atoms with Crippen LogP contribution in [0.2, 0.25) is 0 Å². The second-order valence-electron chi connectivity index (χ2n) is 7.51. The van der Waals surface area contributed by atoms with Gasteiger partial charge in [-0.1, -0.05) is 19.1 Å². The number of methoxy groups -OCH3 is 1. The van der Waals surface area contributed by atoms with Crippen molar-refractivity contribution < 1.29 is 9.53 Å². The van der Waals surface area contributed by atoms with Crippen molar-refractivity contribution >= 4 is 35.8 Å². The van der Waals surface area contributed by atoms with E-state index in [2.05, 4.69) is 41.5 Å². The molecule has 1 aliphatic rings. The average Bonchev–Trinajstić information content (AvgIpc) is 2.73. The number of amides is 1. The van der Waals surface area contributed by atoms with Gasteiger partial charge in [0.1, 0.15) is 5.75 Å². The van der Waals surface area contributed by atoms with Gasteiger partial charge in [0.2, 0.25) is 5.91 Å². The van der Waals surface area contributed by atoms with Crippen LogP contribution in [-0.2, 0) is 4.79 Å². The third-order valence-corrected chi connectivity index (χ3v) is 5.51. The van der Waals surface area contributed by atoms with Crippen LogP contribution in [0.4, 0.5) is 0 Å². The smallest absolute Gasteiger partial charge is 0.220 e. The molecule has 0 spiro atoms. The van der Waals surface area contributed by atoms with E-state index in [4.69, 9.17) is 9.73 Å². The summed E-state index contributed by atoms with van der Waals surface area (Å²) >= 11 is 0. The lowest BCUT2D eigenvalue weighted by molar-refractivity contribution is -0.121. The van der Waals surface area contributed by atoms with Crippen LogP contribution in [0, 0.1) is 5.92 Å². The maximum Gasteiger partial charge on any atom is 0.220 e. The van der Waals surface area contributed by atoms with Gasteiger partial charge in [-0.2, -0.15) is 0 Å². The average molecular weight is 516 g/mol. The minimum atomic E-state index is 0. The molecule has 0 radical (unpaired) electrons. The van der Waals surface area contributed by atoms with Crippen molar-refractivity contribution in [3.63, 3.8) is 0 Å². The van der Waals surface area contributed by atoms with Crippen molar-refractivity contribution in [2.75, 3.05) is 40.3 Å². The van der Waals surface area contributed by atoms with Crippen LogP contribution in [0.3, 0.4) is 0 Å². The number of rotatable bonds is 8. The molecule has 6 nitrogen and oxygen atoms in total. The fourth-order valence-electron chi connectivity index (χ4n) is 3.60. The topological polar surface area (TPSA) is 66.0 Å². The molecule has 0 aromatic heterocycles. The summed E-state index contributed by atoms with van der Waals surface area (Å²) in [7, 11) is 3.40. The predicted octanol–water partition coefficient (Wildman–Crippen LogP) is 3.62. The number of halogens is 1. The van der Waals surface area contributed by atoms with Crippen LogP contribution in [0.5, 0.6) is 5.75 Å². The Kier molecular flexibility index (Phi) is 12.0. The van der Waals surface area contributed by atoms with Gasteiger partial charge in [-0.25, -0.2) is 0 Å². The number of nitrogens with one attached hydrogen (secondary N) is 2. The maximum atomic E-state index is 11.6. The summed E-state index contributed by atoms with van der Waals surface area (Å²) in [5.41, 5.74) is 1.32. The lowest BCUT2D eigenvalue weighted by atomic mass is 9.93. The molecule has 1 amide bonds. The number of piperidine rings is 1. The first-order chi connectivity index (χ1) is 13.6. The van der Waals surface area contributed by atoms with Crippen molar-refractivity contribution in [3.8, 4) is 5.75 Å². The van der Waals surface area contributed by atoms with Crippen molar-refractivity contribution in [1.29, 1.82) is 0 Å². The van der Waals surface area contributed by atoms with Crippen molar-refractivity contribution in [1.82, 2.24) is 15.5 Å². The molecule has 0 bridgehead atoms. The van der Waals surface area contributed by atoms with Gasteiger partial charge < -0.3 is 20.3 Å². The van der Waals surface area contributed by atoms with E-state index in [0.717, 1.165) is 57.2 Å². The monoisotopic (exact) mass is 516 g/mol. The quantitative estimate of drug-likeness (QED) is 0.315. The van der Waals surface area contributed by atoms with Crippen LogP contribution < -0.4 is 15.4 Å². The highest BCUT2D eigenvalue weighted by Gasteiger charge is 2.23. The number of nitrogens with zero attached hydrogens (tertiary/aromatic N) is 2. The summed E-state index contributed by atoms with van der Waals surface area (Å²) in [6, 6.07) is 8.30. The van der Waals surface area contributed by atoms with Crippen molar-refractivity contribution in [2.24, 2.45) is 10.9 Å². The van der Waals surface area contributed by atoms with E-state index in [1.165, 1.54) is 5.56 Å². The number of ether oxygens (including phenoxy) is 1. The van der Waals surface area contributed by atoms with Gasteiger partial charge >= 0.3 is 0 Å². The van der Waals surface area contributed by atoms with E-state index in [-0.39, 0.29) is 29.9 Å². The number of likely N-dealkylation sites (tertiary alicyclic amines) is 1. The fourth-order valence-corrected chi connectivity index (χ4v) is 3.60. The summed E-state index contributed by atoms with van der Waals surface area (Å²) in [5, 5.41) is 6.16. The second-order valence-corrected chi connectivity index (χ2v) is 7.51. The first kappa shape index (κ1) is 25.5. The molecule has 1 unspecified atom stereocenters. The fraction of sp³-hybridized carbons (Fsp3) is 0.636. The maximum absolute atomic E-state index is 11.6. The van der Waals surface area contributed by atoms with Crippen molar-refractivity contribution in [3.05, 3.63) is 29.8 Å². The molecule has 1 fully saturated rings. The molecule has 1 saturated heterocycles. The Hall–Kier alpha value is -1.51. The number of hydrogen-bond acceptors (Lipinski definition) is 3. The summed E-state index contributed by atoms with van der Waals surface area (Å²) in [6.07, 6.45) is 3.73. The van der Waals surface area contributed by atoms with E-state index in [0.29, 0.717) is 18.3 Å². The highest BCUT2D eigenvalue weighted by atomic mass is 127. The van der Waals surface area contributed by atoms with Gasteiger partial charge in [-0.15, -0.1) is 24.0 Å². The highest BCUT2D eigenvalue weighted by Crippen LogP contribution is 2.23. The summed E-state index contributed by atoms with van der Waals surface area (Å²) in [5.74, 6) is 2.97. The number of benzene rings is 1. The molecule has 1 atom stereocenters. The second kappa shape index (κ2) is 13.7. The molecule has 7 heteroatoms. The Morgan fingerprint density at radius 1 is 1.28 bits per heavy atom. The SMILES string of the molecule is CCNC(=NCCC(C)c1ccc(OC)cc1)N1CCC(CC(=O)NC)CC1.I. The van der Waals surface area contributed by atoms with Crippen molar-refractivity contribution in [2.45, 2.75) is 45.4 Å². The van der Waals surface area contributed by atoms with Gasteiger partial charge in [0, 0.05) is 39.6 Å². The van der Waals surface area contributed by atoms with Gasteiger partial charge in [0.05, 0.1) is 7.11 Å². The van der Waals surface area contributed by atoms with E-state index in [9.17, 15) is 4.79 Å². The predicted molar refractivity (Wildman–Crippen MR) is 130 cm³/mol. The third kappa shape index (κ3) is 8.40. The zero-order valence-corrected chi connectivity index (χ0v) is 20.6. The largest absolute Gasteiger partial charge is 0.497 e. The zero-order chi connectivity index (χ0) is 20.4. The molecule has 1 heterocycles. The molecule has 0 saturated carbocycles. The number of aliphatic imine (C=N–C) groups is 1. The standard InChI is InChI=1S/C22H36N4O2.HI/c1-5-24-22(26-14-11-18(12-15-26)16-21(27)23-3)25-13-10-17(2)19-6-8-20(28-4)9-7-19;/h6-9,17-18H,5,10-16H2,1-4H3,(H,23,27)(H,24,25);1H. The number of carbonyl (C=O) groups is 1. The summed E-state index contributed by atoms with van der Waals surface area (Å²) in [4.78, 5) is 18.8. The molecule has 1 aromatic rings. The van der Waals surface area contributed by atoms with E-state index in [1.807, 2.05) is 12.1 Å². The van der Waals surface area contributed by atoms with Gasteiger partial charge in [0.15, 0.2) is 5.96 Å². The van der Waals surface area contributed by atoms with Gasteiger partial charge in [-0.3, -0.25) is 9.79 Å². The highest BCUT2D eigenvalue weighted by molar-refractivity contribution is 14.0. The minimum Gasteiger partial charge on any atom is -0.497 e. The lowest BCUT2D eigenvalue weighted by Gasteiger charge is -2.34. The van der Waals surface area contributed by atoms with Crippen LogP contribution in [-0.4, -0.2) is 57.1 Å². The van der Waals surface area contributed by atoms with Crippen LogP contribution in [0.15, 0.2) is 29.3 Å². The zero-order valence-electron chi connectivity index (χ0n) is 18.2. The van der Waals surface area contributed by atoms with E-state index < -0.39 is 0 Å². The third-order valence-electron chi connectivity index (χ3n) is 5.51. The Morgan fingerprint density at radius 3 is 2.48 bits per heavy atom. The first-order valence-electron chi connectivity index (χ1n) is 10.4. The summed E-state index contributed by atoms with van der Waals surface area (Å²) in [6.45, 7) is 7.93. The molecule has 1 aromatic carbocycles. The lowest BCUT2D eigenvalue weighted by Crippen LogP contribution is -2.46. The van der Waals surface area contributed by atoms with E-state index >= 15 is 0 Å². The van der Waals surface area contributed by atoms with Crippen LogP contribution in [0.1, 0.15) is 51.0 Å². The Bertz CT molecular complexity index is 628. The Balaban J connectivity index is 0.00000420. The normalized spacial score (nSPS) is 16.0. The summed E-state index contributed by atoms with van der Waals surface area (Å²) < 4.78 is 5.23. The molecule has 1 aliphatic heterocycles. The molecule has 29 heavy (non-hydrogen) atoms. The van der Waals surface area contributed by atoms with Gasteiger partial charge in [-0.05, 0) is 55.7 Å². The molecular formula is C22H37IN4O2. The van der Waals surface area contributed by atoms with Crippen LogP contribution in [0.25, 0.3) is 0 Å². The minimum absolute atomic E-state index is 0. The number of carbonyl (C=O) groups excluding carboxylic acids is 1. The molecule has 164 valence electrons. The Labute approximate surface area is 192 Å². The molecule has 2 rings (SSSR count).